The first-order chi connectivity index (χ1) is 11.3. The lowest BCUT2D eigenvalue weighted by molar-refractivity contribution is 0.00684. The molecule has 0 radical (unpaired) electrons. The molecule has 0 bridgehead atoms. The highest BCUT2D eigenvalue weighted by atomic mass is 19.1. The van der Waals surface area contributed by atoms with Gasteiger partial charge in [0, 0.05) is 17.8 Å². The van der Waals surface area contributed by atoms with Gasteiger partial charge in [0.15, 0.2) is 0 Å². The summed E-state index contributed by atoms with van der Waals surface area (Å²) in [6, 6.07) is 11.1. The summed E-state index contributed by atoms with van der Waals surface area (Å²) in [6.45, 7) is 4.97. The number of nitrogens with one attached hydrogen (secondary N) is 2. The molecule has 6 heteroatoms. The van der Waals surface area contributed by atoms with Crippen LogP contribution in [0.5, 0.6) is 0 Å². The molecule has 0 saturated heterocycles. The highest BCUT2D eigenvalue weighted by Crippen LogP contribution is 2.18. The number of rotatable bonds is 5. The molecule has 0 heterocycles. The second-order valence-corrected chi connectivity index (χ2v) is 6.26. The van der Waals surface area contributed by atoms with Crippen LogP contribution < -0.4 is 10.9 Å². The van der Waals surface area contributed by atoms with Gasteiger partial charge in [-0.1, -0.05) is 18.2 Å². The van der Waals surface area contributed by atoms with Gasteiger partial charge in [0.1, 0.15) is 17.2 Å². The Morgan fingerprint density at radius 3 is 2.21 bits per heavy atom. The number of benzene rings is 2. The van der Waals surface area contributed by atoms with Crippen molar-refractivity contribution in [2.24, 2.45) is 0 Å². The smallest absolute Gasteiger partial charge is 0.338 e. The molecule has 0 spiro atoms. The number of anilines is 1. The van der Waals surface area contributed by atoms with Crippen molar-refractivity contribution in [2.75, 3.05) is 5.43 Å². The Morgan fingerprint density at radius 2 is 1.67 bits per heavy atom. The summed E-state index contributed by atoms with van der Waals surface area (Å²) >= 11 is 0. The summed E-state index contributed by atoms with van der Waals surface area (Å²) in [6.07, 6.45) is 0. The predicted octanol–water partition coefficient (Wildman–Crippen LogP) is 4.04. The van der Waals surface area contributed by atoms with E-state index in [4.69, 9.17) is 4.74 Å². The third-order valence-corrected chi connectivity index (χ3v) is 3.05. The molecule has 0 atom stereocenters. The van der Waals surface area contributed by atoms with E-state index in [0.29, 0.717) is 0 Å². The van der Waals surface area contributed by atoms with Crippen molar-refractivity contribution < 1.29 is 18.3 Å². The van der Waals surface area contributed by atoms with Crippen LogP contribution in [0.2, 0.25) is 0 Å². The molecule has 2 N–H and O–H groups in total. The van der Waals surface area contributed by atoms with Gasteiger partial charge < -0.3 is 10.2 Å². The Morgan fingerprint density at radius 1 is 1.08 bits per heavy atom. The molecule has 24 heavy (non-hydrogen) atoms. The Kier molecular flexibility index (Phi) is 5.51. The van der Waals surface area contributed by atoms with E-state index in [2.05, 4.69) is 10.9 Å². The van der Waals surface area contributed by atoms with E-state index < -0.39 is 23.2 Å². The molecule has 0 saturated carbocycles. The molecular weight excluding hydrogens is 314 g/mol. The maximum absolute atomic E-state index is 14.1. The Balaban J connectivity index is 2.05. The Hall–Kier alpha value is -2.47. The molecule has 128 valence electrons. The van der Waals surface area contributed by atoms with Crippen LogP contribution in [0.25, 0.3) is 0 Å². The summed E-state index contributed by atoms with van der Waals surface area (Å²) in [4.78, 5) is 11.9. The molecule has 0 fully saturated rings. The van der Waals surface area contributed by atoms with E-state index in [-0.39, 0.29) is 17.7 Å². The summed E-state index contributed by atoms with van der Waals surface area (Å²) in [7, 11) is 0. The third-order valence-electron chi connectivity index (χ3n) is 3.05. The summed E-state index contributed by atoms with van der Waals surface area (Å²) in [5, 5.41) is 0. The van der Waals surface area contributed by atoms with Crippen LogP contribution in [-0.4, -0.2) is 11.6 Å². The zero-order chi connectivity index (χ0) is 17.7. The molecule has 0 aromatic heterocycles. The minimum absolute atomic E-state index is 0.0822. The van der Waals surface area contributed by atoms with Crippen molar-refractivity contribution in [3.63, 3.8) is 0 Å². The van der Waals surface area contributed by atoms with E-state index in [1.54, 1.807) is 20.8 Å². The fourth-order valence-corrected chi connectivity index (χ4v) is 1.98. The van der Waals surface area contributed by atoms with Crippen molar-refractivity contribution in [1.29, 1.82) is 0 Å². The maximum atomic E-state index is 14.1. The fourth-order valence-electron chi connectivity index (χ4n) is 1.98. The molecule has 4 nitrogen and oxygen atoms in total. The van der Waals surface area contributed by atoms with Gasteiger partial charge in [0.05, 0.1) is 5.56 Å². The molecule has 2 rings (SSSR count). The van der Waals surface area contributed by atoms with E-state index in [0.717, 1.165) is 17.8 Å². The fraction of sp³-hybridized carbons (Fsp3) is 0.278. The van der Waals surface area contributed by atoms with E-state index in [1.165, 1.54) is 0 Å². The van der Waals surface area contributed by atoms with E-state index >= 15 is 0 Å². The second-order valence-electron chi connectivity index (χ2n) is 6.26. The standard InChI is InChI=1S/C18H20F2N2O2/c1-18(2,3)24-17(23)12-9-15(19)14(16(20)10-12)11-21-22-13-7-5-4-6-8-13/h4-10,21-22H,11H2,1-3H3. The van der Waals surface area contributed by atoms with Gasteiger partial charge in [-0.3, -0.25) is 0 Å². The number of esters is 1. The normalized spacial score (nSPS) is 11.2. The maximum Gasteiger partial charge on any atom is 0.338 e. The lowest BCUT2D eigenvalue weighted by Gasteiger charge is -2.19. The van der Waals surface area contributed by atoms with Crippen molar-refractivity contribution in [2.45, 2.75) is 32.9 Å². The Labute approximate surface area is 139 Å². The molecule has 2 aromatic carbocycles. The van der Waals surface area contributed by atoms with Crippen molar-refractivity contribution in [3.05, 3.63) is 65.2 Å². The van der Waals surface area contributed by atoms with Crippen molar-refractivity contribution in [3.8, 4) is 0 Å². The molecule has 0 aliphatic heterocycles. The topological polar surface area (TPSA) is 50.4 Å². The molecule has 0 aliphatic rings. The Bertz CT molecular complexity index is 690. The van der Waals surface area contributed by atoms with Gasteiger partial charge in [-0.25, -0.2) is 19.0 Å². The van der Waals surface area contributed by atoms with Gasteiger partial charge in [0.2, 0.25) is 0 Å². The van der Waals surface area contributed by atoms with Gasteiger partial charge in [-0.15, -0.1) is 0 Å². The second kappa shape index (κ2) is 7.40. The van der Waals surface area contributed by atoms with Crippen LogP contribution in [0.1, 0.15) is 36.7 Å². The van der Waals surface area contributed by atoms with Gasteiger partial charge in [-0.2, -0.15) is 0 Å². The van der Waals surface area contributed by atoms with Crippen LogP contribution in [0.4, 0.5) is 14.5 Å². The van der Waals surface area contributed by atoms with Gasteiger partial charge in [0.25, 0.3) is 0 Å². The van der Waals surface area contributed by atoms with E-state index in [1.807, 2.05) is 30.3 Å². The monoisotopic (exact) mass is 334 g/mol. The number of para-hydroxylation sites is 1. The minimum atomic E-state index is -0.807. The lowest BCUT2D eigenvalue weighted by Crippen LogP contribution is -2.25. The SMILES string of the molecule is CC(C)(C)OC(=O)c1cc(F)c(CNNc2ccccc2)c(F)c1. The summed E-state index contributed by atoms with van der Waals surface area (Å²) in [5.74, 6) is -2.38. The molecule has 2 aromatic rings. The summed E-state index contributed by atoms with van der Waals surface area (Å²) in [5.41, 5.74) is 5.30. The van der Waals surface area contributed by atoms with Crippen LogP contribution in [0, 0.1) is 11.6 Å². The molecular formula is C18H20F2N2O2. The predicted molar refractivity (Wildman–Crippen MR) is 88.4 cm³/mol. The number of ether oxygens (including phenoxy) is 1. The highest BCUT2D eigenvalue weighted by Gasteiger charge is 2.21. The van der Waals surface area contributed by atoms with Crippen LogP contribution in [0.3, 0.4) is 0 Å². The minimum Gasteiger partial charge on any atom is -0.456 e. The number of halogens is 2. The first-order valence-electron chi connectivity index (χ1n) is 7.51. The number of carbonyl (C=O) groups is 1. The summed E-state index contributed by atoms with van der Waals surface area (Å²) < 4.78 is 33.3. The van der Waals surface area contributed by atoms with Gasteiger partial charge in [-0.05, 0) is 45.0 Å². The largest absolute Gasteiger partial charge is 0.456 e. The first-order valence-corrected chi connectivity index (χ1v) is 7.51. The number of hydrogen-bond acceptors (Lipinski definition) is 4. The highest BCUT2D eigenvalue weighted by molar-refractivity contribution is 5.89. The third kappa shape index (κ3) is 5.03. The first kappa shape index (κ1) is 17.9. The van der Waals surface area contributed by atoms with Crippen LogP contribution in [0.15, 0.2) is 42.5 Å². The molecule has 0 aliphatic carbocycles. The zero-order valence-corrected chi connectivity index (χ0v) is 13.8. The lowest BCUT2D eigenvalue weighted by atomic mass is 10.1. The quantitative estimate of drug-likeness (QED) is 0.640. The average Bonchev–Trinajstić information content (AvgIpc) is 2.49. The van der Waals surface area contributed by atoms with Crippen LogP contribution in [-0.2, 0) is 11.3 Å². The number of hydrogen-bond donors (Lipinski definition) is 2. The molecule has 0 amide bonds. The van der Waals surface area contributed by atoms with Crippen molar-refractivity contribution in [1.82, 2.24) is 5.43 Å². The number of hydrazine groups is 1. The van der Waals surface area contributed by atoms with Crippen LogP contribution >= 0.6 is 0 Å². The van der Waals surface area contributed by atoms with E-state index in [9.17, 15) is 13.6 Å². The van der Waals surface area contributed by atoms with Crippen molar-refractivity contribution >= 4 is 11.7 Å². The average molecular weight is 334 g/mol. The zero-order valence-electron chi connectivity index (χ0n) is 13.8. The van der Waals surface area contributed by atoms with Gasteiger partial charge >= 0.3 is 5.97 Å². The molecule has 0 unspecified atom stereocenters. The number of carbonyl (C=O) groups excluding carboxylic acids is 1.